The number of carbonyl (C=O) groups excluding carboxylic acids is 3. The lowest BCUT2D eigenvalue weighted by molar-refractivity contribution is -0.149. The highest BCUT2D eigenvalue weighted by atomic mass is 28.3. The third-order valence-corrected chi connectivity index (χ3v) is 15.5. The number of amides is 3. The van der Waals surface area contributed by atoms with Crippen molar-refractivity contribution in [3.05, 3.63) is 78.4 Å². The highest BCUT2D eigenvalue weighted by Gasteiger charge is 2.67. The van der Waals surface area contributed by atoms with Crippen molar-refractivity contribution >= 4 is 48.0 Å². The van der Waals surface area contributed by atoms with E-state index >= 15 is 4.79 Å². The maximum absolute atomic E-state index is 15.1. The summed E-state index contributed by atoms with van der Waals surface area (Å²) >= 11 is 0. The summed E-state index contributed by atoms with van der Waals surface area (Å²) in [5.41, 5.74) is 1.50. The van der Waals surface area contributed by atoms with Crippen molar-refractivity contribution in [2.75, 3.05) is 36.6 Å². The molecular formula is C37H43N3O6Si. The molecule has 7 rings (SSSR count). The van der Waals surface area contributed by atoms with Gasteiger partial charge in [-0.25, -0.2) is 0 Å². The average Bonchev–Trinajstić information content (AvgIpc) is 3.74. The van der Waals surface area contributed by atoms with E-state index in [0.29, 0.717) is 19.5 Å². The second-order valence-corrected chi connectivity index (χ2v) is 18.6. The van der Waals surface area contributed by atoms with Crippen LogP contribution < -0.4 is 19.7 Å². The maximum atomic E-state index is 15.1. The molecule has 3 aromatic rings. The van der Waals surface area contributed by atoms with Crippen molar-refractivity contribution in [3.8, 4) is 5.75 Å². The van der Waals surface area contributed by atoms with Crippen LogP contribution in [0.2, 0.25) is 18.6 Å². The van der Waals surface area contributed by atoms with Gasteiger partial charge in [0.15, 0.2) is 5.60 Å². The van der Waals surface area contributed by atoms with Crippen molar-refractivity contribution < 1.29 is 29.0 Å². The second kappa shape index (κ2) is 11.9. The number of methoxy groups -OCH3 is 1. The number of benzene rings is 3. The Bertz CT molecular complexity index is 1700. The molecule has 9 nitrogen and oxygen atoms in total. The lowest BCUT2D eigenvalue weighted by atomic mass is 9.82. The number of nitrogens with zero attached hydrogens (tertiary/aromatic N) is 3. The molecule has 0 radical (unpaired) electrons. The van der Waals surface area contributed by atoms with E-state index in [1.54, 1.807) is 21.8 Å². The van der Waals surface area contributed by atoms with E-state index in [0.717, 1.165) is 41.2 Å². The van der Waals surface area contributed by atoms with E-state index in [4.69, 9.17) is 9.47 Å². The van der Waals surface area contributed by atoms with Gasteiger partial charge in [-0.3, -0.25) is 19.3 Å². The molecule has 1 N–H and O–H groups in total. The zero-order valence-electron chi connectivity index (χ0n) is 27.5. The van der Waals surface area contributed by atoms with Gasteiger partial charge in [0.25, 0.3) is 5.91 Å². The molecule has 3 aromatic carbocycles. The summed E-state index contributed by atoms with van der Waals surface area (Å²) in [5, 5.41) is 11.2. The molecule has 4 heterocycles. The molecule has 246 valence electrons. The van der Waals surface area contributed by atoms with Crippen molar-refractivity contribution in [1.29, 1.82) is 0 Å². The first-order chi connectivity index (χ1) is 22.6. The molecule has 3 fully saturated rings. The van der Waals surface area contributed by atoms with Crippen LogP contribution in [0.1, 0.15) is 38.2 Å². The summed E-state index contributed by atoms with van der Waals surface area (Å²) in [6, 6.07) is 23.4. The first-order valence-corrected chi connectivity index (χ1v) is 19.8. The lowest BCUT2D eigenvalue weighted by Crippen LogP contribution is -2.52. The van der Waals surface area contributed by atoms with Crippen molar-refractivity contribution in [1.82, 2.24) is 4.90 Å². The summed E-state index contributed by atoms with van der Waals surface area (Å²) < 4.78 is 12.7. The molecule has 0 unspecified atom stereocenters. The van der Waals surface area contributed by atoms with Gasteiger partial charge in [0.2, 0.25) is 11.8 Å². The molecule has 1 spiro atoms. The van der Waals surface area contributed by atoms with E-state index in [2.05, 4.69) is 32.2 Å². The van der Waals surface area contributed by atoms with Gasteiger partial charge in [-0.05, 0) is 60.8 Å². The number of likely N-dealkylation sites (tertiary alicyclic amines) is 1. The number of hydrogen-bond acceptors (Lipinski definition) is 6. The Morgan fingerprint density at radius 2 is 1.77 bits per heavy atom. The summed E-state index contributed by atoms with van der Waals surface area (Å²) in [5.74, 6) is 0.312. The molecule has 0 aliphatic carbocycles. The molecular weight excluding hydrogens is 611 g/mol. The maximum Gasteiger partial charge on any atom is 0.268 e. The van der Waals surface area contributed by atoms with Crippen LogP contribution in [0.3, 0.4) is 0 Å². The Balaban J connectivity index is 1.37. The quantitative estimate of drug-likeness (QED) is 0.280. The number of rotatable bonds is 8. The molecule has 3 saturated heterocycles. The van der Waals surface area contributed by atoms with Crippen LogP contribution in [-0.4, -0.2) is 74.8 Å². The van der Waals surface area contributed by atoms with Crippen molar-refractivity contribution in [2.45, 2.75) is 69.0 Å². The molecule has 4 aliphatic rings. The van der Waals surface area contributed by atoms with E-state index in [-0.39, 0.29) is 48.3 Å². The molecule has 0 saturated carbocycles. The van der Waals surface area contributed by atoms with Crippen molar-refractivity contribution in [2.24, 2.45) is 5.92 Å². The van der Waals surface area contributed by atoms with Gasteiger partial charge < -0.3 is 24.4 Å². The molecule has 4 aliphatic heterocycles. The van der Waals surface area contributed by atoms with Gasteiger partial charge in [0.05, 0.1) is 46.0 Å². The van der Waals surface area contributed by atoms with Gasteiger partial charge >= 0.3 is 0 Å². The van der Waals surface area contributed by atoms with Crippen LogP contribution in [-0.2, 0) is 24.7 Å². The van der Waals surface area contributed by atoms with Crippen LogP contribution in [0.4, 0.5) is 17.1 Å². The minimum Gasteiger partial charge on any atom is -0.497 e. The van der Waals surface area contributed by atoms with E-state index < -0.39 is 19.8 Å². The summed E-state index contributed by atoms with van der Waals surface area (Å²) in [4.78, 5) is 46.9. The predicted molar refractivity (Wildman–Crippen MR) is 183 cm³/mol. The molecule has 5 atom stereocenters. The first-order valence-electron chi connectivity index (χ1n) is 16.7. The second-order valence-electron chi connectivity index (χ2n) is 13.9. The monoisotopic (exact) mass is 653 g/mol. The molecule has 0 bridgehead atoms. The zero-order chi connectivity index (χ0) is 33.1. The summed E-state index contributed by atoms with van der Waals surface area (Å²) in [6.07, 6.45) is 1.72. The SMILES string of the molecule is COc1ccc([Si](C)(C)[C@H]2[C@H](CC(=O)N3CCC[C@H]3CO)O[C@@]3(C(=O)N(c4ccccc4)c4ccc(N5CCC5=O)cc43)[C@@H]2C)cc1. The van der Waals surface area contributed by atoms with E-state index in [1.165, 1.54) is 5.19 Å². The van der Waals surface area contributed by atoms with Crippen LogP contribution in [0, 0.1) is 5.92 Å². The lowest BCUT2D eigenvalue weighted by Gasteiger charge is -2.37. The Morgan fingerprint density at radius 1 is 1.02 bits per heavy atom. The Morgan fingerprint density at radius 3 is 2.40 bits per heavy atom. The number of aliphatic hydroxyl groups excluding tert-OH is 1. The van der Waals surface area contributed by atoms with Gasteiger partial charge in [-0.15, -0.1) is 0 Å². The summed E-state index contributed by atoms with van der Waals surface area (Å²) in [6.45, 7) is 7.88. The normalized spacial score (nSPS) is 27.0. The zero-order valence-corrected chi connectivity index (χ0v) is 28.5. The third-order valence-electron chi connectivity index (χ3n) is 11.2. The fraction of sp³-hybridized carbons (Fsp3) is 0.432. The number of para-hydroxylation sites is 1. The average molecular weight is 654 g/mol. The number of β-lactam (4-membered cyclic amide) rings is 1. The number of aliphatic hydroxyl groups is 1. The van der Waals surface area contributed by atoms with Gasteiger partial charge in [-0.1, -0.05) is 55.5 Å². The van der Waals surface area contributed by atoms with Crippen LogP contribution in [0.15, 0.2) is 72.8 Å². The molecule has 10 heteroatoms. The van der Waals surface area contributed by atoms with E-state index in [1.807, 2.05) is 60.7 Å². The Labute approximate surface area is 277 Å². The van der Waals surface area contributed by atoms with Crippen molar-refractivity contribution in [3.63, 3.8) is 0 Å². The number of anilines is 3. The fourth-order valence-corrected chi connectivity index (χ4v) is 12.7. The minimum absolute atomic E-state index is 0.0501. The molecule has 3 amide bonds. The van der Waals surface area contributed by atoms with Crippen LogP contribution in [0.25, 0.3) is 0 Å². The van der Waals surface area contributed by atoms with Gasteiger partial charge in [0.1, 0.15) is 5.75 Å². The number of carbonyl (C=O) groups is 3. The first kappa shape index (κ1) is 31.6. The topological polar surface area (TPSA) is 99.6 Å². The highest BCUT2D eigenvalue weighted by molar-refractivity contribution is 6.91. The van der Waals surface area contributed by atoms with Gasteiger partial charge in [0, 0.05) is 42.4 Å². The smallest absolute Gasteiger partial charge is 0.268 e. The number of hydrogen-bond donors (Lipinski definition) is 1. The van der Waals surface area contributed by atoms with E-state index in [9.17, 15) is 14.7 Å². The minimum atomic E-state index is -2.46. The van der Waals surface area contributed by atoms with Gasteiger partial charge in [-0.2, -0.15) is 0 Å². The molecule has 0 aromatic heterocycles. The Kier molecular flexibility index (Phi) is 8.01. The number of ether oxygens (including phenoxy) is 2. The standard InChI is InChI=1S/C37H43N3O6Si/c1-24-35(47(3,4)29-15-13-28(45-2)14-16-29)32(22-34(43)38-19-8-11-27(38)23-41)46-37(24)30-21-26(39-20-18-33(39)42)12-17-31(30)40(36(37)44)25-9-6-5-7-10-25/h5-7,9-10,12-17,21,24,27,32,35,41H,8,11,18-20,22-23H2,1-4H3/t24-,27+,32+,35-,37+/m1/s1. The Hall–Kier alpha value is -3.99. The highest BCUT2D eigenvalue weighted by Crippen LogP contribution is 2.61. The fourth-order valence-electron chi connectivity index (χ4n) is 8.66. The van der Waals surface area contributed by atoms with Crippen LogP contribution >= 0.6 is 0 Å². The summed E-state index contributed by atoms with van der Waals surface area (Å²) in [7, 11) is -0.813. The number of fused-ring (bicyclic) bond motifs is 2. The van der Waals surface area contributed by atoms with Crippen LogP contribution in [0.5, 0.6) is 5.75 Å². The third kappa shape index (κ3) is 4.91. The molecule has 47 heavy (non-hydrogen) atoms. The predicted octanol–water partition coefficient (Wildman–Crippen LogP) is 4.70. The largest absolute Gasteiger partial charge is 0.497 e.